The van der Waals surface area contributed by atoms with Crippen LogP contribution in [0.4, 0.5) is 4.79 Å². The van der Waals surface area contributed by atoms with E-state index in [0.717, 1.165) is 57.1 Å². The van der Waals surface area contributed by atoms with Crippen molar-refractivity contribution in [2.24, 2.45) is 0 Å². The van der Waals surface area contributed by atoms with Crippen LogP contribution in [0.2, 0.25) is 0 Å². The highest BCUT2D eigenvalue weighted by atomic mass is 16.5. The summed E-state index contributed by atoms with van der Waals surface area (Å²) in [5.41, 5.74) is 0.890. The van der Waals surface area contributed by atoms with Gasteiger partial charge in [-0.05, 0) is 70.5 Å². The predicted molar refractivity (Wildman–Crippen MR) is 170 cm³/mol. The van der Waals surface area contributed by atoms with E-state index in [2.05, 4.69) is 20.9 Å². The highest BCUT2D eigenvalue weighted by Gasteiger charge is 2.13. The lowest BCUT2D eigenvalue weighted by molar-refractivity contribution is -0.139. The van der Waals surface area contributed by atoms with Crippen LogP contribution in [0, 0.1) is 13.6 Å². The maximum atomic E-state index is 12.3. The van der Waals surface area contributed by atoms with Crippen LogP contribution in [0.3, 0.4) is 0 Å². The molecule has 45 heavy (non-hydrogen) atoms. The molecule has 2 atom stereocenters. The monoisotopic (exact) mass is 630 g/mol. The minimum absolute atomic E-state index is 0.00943. The molecule has 3 radical (unpaired) electrons. The first-order valence-electron chi connectivity index (χ1n) is 16.1. The van der Waals surface area contributed by atoms with Crippen molar-refractivity contribution >= 4 is 30.2 Å². The summed E-state index contributed by atoms with van der Waals surface area (Å²) in [7, 11) is 6.03. The van der Waals surface area contributed by atoms with E-state index in [0.29, 0.717) is 64.5 Å². The third-order valence-corrected chi connectivity index (χ3v) is 7.11. The molecule has 0 spiro atoms. The summed E-state index contributed by atoms with van der Waals surface area (Å²) in [5, 5.41) is 16.8. The van der Waals surface area contributed by atoms with E-state index >= 15 is 0 Å². The average molecular weight is 631 g/mol. The number of nitrogens with zero attached hydrogens (tertiary/aromatic N) is 2. The Bertz CT molecular complexity index is 979. The summed E-state index contributed by atoms with van der Waals surface area (Å²) < 4.78 is 5.04. The molecule has 1 aromatic rings. The summed E-state index contributed by atoms with van der Waals surface area (Å²) in [6.45, 7) is 4.99. The van der Waals surface area contributed by atoms with Gasteiger partial charge in [-0.25, -0.2) is 4.79 Å². The molecule has 2 unspecified atom stereocenters. The second-order valence-electron chi connectivity index (χ2n) is 11.3. The van der Waals surface area contributed by atoms with Crippen LogP contribution in [0.1, 0.15) is 115 Å². The molecule has 0 saturated heterocycles. The molecule has 0 aliphatic heterocycles. The molecule has 1 rings (SSSR count). The zero-order valence-electron chi connectivity index (χ0n) is 26.7. The van der Waals surface area contributed by atoms with Crippen molar-refractivity contribution < 1.29 is 33.8 Å². The van der Waals surface area contributed by atoms with Gasteiger partial charge in [-0.2, -0.15) is 0 Å². The van der Waals surface area contributed by atoms with Crippen LogP contribution in [-0.4, -0.2) is 64.0 Å². The van der Waals surface area contributed by atoms with Crippen molar-refractivity contribution in [3.8, 4) is 0 Å². The third kappa shape index (κ3) is 23.5. The second kappa shape index (κ2) is 25.8. The molecule has 0 aliphatic carbocycles. The maximum Gasteiger partial charge on any atom is 0.315 e. The summed E-state index contributed by atoms with van der Waals surface area (Å²) in [6.07, 6.45) is 11.4. The Kier molecular flexibility index (Phi) is 22.6. The third-order valence-electron chi connectivity index (χ3n) is 7.11. The normalized spacial score (nSPS) is 12.2. The van der Waals surface area contributed by atoms with Crippen molar-refractivity contribution in [3.05, 3.63) is 43.7 Å². The van der Waals surface area contributed by atoms with Crippen molar-refractivity contribution in [2.45, 2.75) is 128 Å². The zero-order chi connectivity index (χ0) is 33.1. The van der Waals surface area contributed by atoms with E-state index in [1.54, 1.807) is 24.6 Å². The highest BCUT2D eigenvalue weighted by molar-refractivity contribution is 5.78. The lowest BCUT2D eigenvalue weighted by atomic mass is 10.0. The van der Waals surface area contributed by atoms with Crippen LogP contribution < -0.4 is 16.0 Å². The van der Waals surface area contributed by atoms with Gasteiger partial charge in [0.2, 0.25) is 5.91 Å². The lowest BCUT2D eigenvalue weighted by Gasteiger charge is -2.18. The number of Topliss-reactive ketones (excluding diaryl/α,β-unsaturated/α-hetero) is 1. The van der Waals surface area contributed by atoms with Gasteiger partial charge < -0.3 is 25.8 Å². The molecule has 0 aromatic carbocycles. The summed E-state index contributed by atoms with van der Waals surface area (Å²) in [5.74, 6) is -0.805. The number of hydrogen-bond acceptors (Lipinski definition) is 8. The number of aromatic nitrogens is 1. The summed E-state index contributed by atoms with van der Waals surface area (Å²) >= 11 is 0. The topological polar surface area (TPSA) is 167 Å². The quantitative estimate of drug-likeness (QED) is 0.0435. The van der Waals surface area contributed by atoms with Crippen molar-refractivity contribution in [1.29, 1.82) is 0 Å². The van der Waals surface area contributed by atoms with E-state index < -0.39 is 12.2 Å². The van der Waals surface area contributed by atoms with Gasteiger partial charge >= 0.3 is 12.0 Å². The van der Waals surface area contributed by atoms with Crippen LogP contribution in [-0.2, 0) is 30.5 Å². The number of ketones is 1. The molecule has 251 valence electrons. The predicted octanol–water partition coefficient (Wildman–Crippen LogP) is 4.91. The number of rotatable bonds is 28. The lowest BCUT2D eigenvalue weighted by Crippen LogP contribution is -2.39. The van der Waals surface area contributed by atoms with E-state index in [1.807, 2.05) is 18.2 Å². The van der Waals surface area contributed by atoms with Gasteiger partial charge in [0.15, 0.2) is 6.23 Å². The first-order valence-corrected chi connectivity index (χ1v) is 16.1. The number of amides is 3. The molecule has 0 fully saturated rings. The number of nitrogens with one attached hydrogen (secondary N) is 3. The minimum atomic E-state index is -0.888. The number of carboxylic acid groups (broad SMARTS) is 1. The molecule has 0 aliphatic rings. The van der Waals surface area contributed by atoms with Crippen molar-refractivity contribution in [1.82, 2.24) is 25.8 Å². The van der Waals surface area contributed by atoms with Crippen molar-refractivity contribution in [2.75, 3.05) is 6.54 Å². The molecular formula is C33H52N5O7. The zero-order valence-corrected chi connectivity index (χ0v) is 26.7. The van der Waals surface area contributed by atoms with Crippen LogP contribution in [0.5, 0.6) is 0 Å². The Labute approximate surface area is 268 Å². The Morgan fingerprint density at radius 3 is 2.31 bits per heavy atom. The number of hydrogen-bond donors (Lipinski definition) is 4. The van der Waals surface area contributed by atoms with Gasteiger partial charge in [0, 0.05) is 57.9 Å². The second-order valence-corrected chi connectivity index (χ2v) is 11.3. The molecule has 0 saturated carbocycles. The molecule has 0 bridgehead atoms. The number of pyridine rings is 1. The van der Waals surface area contributed by atoms with Crippen molar-refractivity contribution in [3.63, 3.8) is 0 Å². The number of aliphatic carboxylic acids is 1. The van der Waals surface area contributed by atoms with Gasteiger partial charge in [0.25, 0.3) is 6.47 Å². The van der Waals surface area contributed by atoms with Gasteiger partial charge in [0.05, 0.1) is 12.2 Å². The molecule has 1 aromatic heterocycles. The van der Waals surface area contributed by atoms with Crippen LogP contribution in [0.15, 0.2) is 24.4 Å². The highest BCUT2D eigenvalue weighted by Crippen LogP contribution is 2.11. The Morgan fingerprint density at radius 1 is 0.933 bits per heavy atom. The van der Waals surface area contributed by atoms with E-state index in [4.69, 9.17) is 16.9 Å². The molecular weight excluding hydrogens is 578 g/mol. The fourth-order valence-electron chi connectivity index (χ4n) is 4.59. The number of carbonyl (C=O) groups is 5. The fourth-order valence-corrected chi connectivity index (χ4v) is 4.59. The summed E-state index contributed by atoms with van der Waals surface area (Å²) in [4.78, 5) is 63.6. The molecule has 1 heterocycles. The first-order chi connectivity index (χ1) is 21.7. The largest absolute Gasteiger partial charge is 0.481 e. The Morgan fingerprint density at radius 2 is 1.64 bits per heavy atom. The number of carboxylic acids is 1. The van der Waals surface area contributed by atoms with Gasteiger partial charge in [-0.15, -0.1) is 0 Å². The molecule has 12 heteroatoms. The SMILES string of the molecule is [CH]N(CCCCC(NC(=O)CCCCCCC(=O)CCCCC[CH]NC(=O)NC(C)CCC(=O)O)OC=O)Cc1ccccn1. The number of ether oxygens (including phenoxy) is 1. The number of urea groups is 1. The van der Waals surface area contributed by atoms with Gasteiger partial charge in [-0.3, -0.25) is 29.1 Å². The Balaban J connectivity index is 2.00. The fraction of sp³-hybridized carbons (Fsp3) is 0.636. The minimum Gasteiger partial charge on any atom is -0.481 e. The first kappa shape index (κ1) is 39.5. The molecule has 12 nitrogen and oxygen atoms in total. The smallest absolute Gasteiger partial charge is 0.315 e. The van der Waals surface area contributed by atoms with E-state index in [1.165, 1.54) is 0 Å². The van der Waals surface area contributed by atoms with Gasteiger partial charge in [-0.1, -0.05) is 31.7 Å². The standard InChI is InChI=1S/C33H52N5O7/c1-27(20-21-32(42)43)36-33(44)35-23-12-6-5-8-17-29(40)16-7-3-4-9-18-30(41)37-31(45-26-39)19-11-14-24-38(2)25-28-15-10-13-22-34-28/h2,10,13,15,22-23,26-27,31H,3-9,11-12,14,16-21,24-25H2,1H3,(H,37,41)(H,42,43)(H2,35,36,44). The average Bonchev–Trinajstić information content (AvgIpc) is 3.00. The summed E-state index contributed by atoms with van der Waals surface area (Å²) in [6, 6.07) is 5.11. The van der Waals surface area contributed by atoms with Crippen LogP contribution >= 0.6 is 0 Å². The van der Waals surface area contributed by atoms with Gasteiger partial charge in [0.1, 0.15) is 5.78 Å². The molecule has 3 amide bonds. The van der Waals surface area contributed by atoms with Crippen LogP contribution in [0.25, 0.3) is 0 Å². The van der Waals surface area contributed by atoms with E-state index in [-0.39, 0.29) is 30.2 Å². The Hall–Kier alpha value is -3.54. The number of carbonyl (C=O) groups excluding carboxylic acids is 4. The molecule has 4 N–H and O–H groups in total. The maximum absolute atomic E-state index is 12.3. The number of unbranched alkanes of at least 4 members (excludes halogenated alkanes) is 7. The van der Waals surface area contributed by atoms with E-state index in [9.17, 15) is 24.0 Å².